The number of hydrogen-bond acceptors (Lipinski definition) is 3. The summed E-state index contributed by atoms with van der Waals surface area (Å²) in [5.41, 5.74) is 3.75. The van der Waals surface area contributed by atoms with E-state index in [0.717, 1.165) is 28.3 Å². The Kier molecular flexibility index (Phi) is 3.16. The van der Waals surface area contributed by atoms with Crippen LogP contribution in [0, 0.1) is 6.92 Å². The van der Waals surface area contributed by atoms with Crippen LogP contribution >= 0.6 is 0 Å². The number of aromatic amines is 2. The number of aryl methyl sites for hydroxylation is 1. The molecule has 20 heavy (non-hydrogen) atoms. The van der Waals surface area contributed by atoms with Crippen LogP contribution in [0.3, 0.4) is 0 Å². The molecule has 0 saturated carbocycles. The number of rotatable bonds is 4. The summed E-state index contributed by atoms with van der Waals surface area (Å²) in [6.07, 6.45) is 1.69. The number of furan rings is 1. The lowest BCUT2D eigenvalue weighted by molar-refractivity contribution is 0.515. The zero-order valence-corrected chi connectivity index (χ0v) is 11.1. The van der Waals surface area contributed by atoms with E-state index < -0.39 is 0 Å². The Morgan fingerprint density at radius 3 is 2.55 bits per heavy atom. The van der Waals surface area contributed by atoms with Crippen molar-refractivity contribution in [1.82, 2.24) is 10.2 Å². The van der Waals surface area contributed by atoms with E-state index in [1.165, 1.54) is 6.07 Å². The van der Waals surface area contributed by atoms with Gasteiger partial charge >= 0.3 is 0 Å². The highest BCUT2D eigenvalue weighted by atomic mass is 16.3. The van der Waals surface area contributed by atoms with Gasteiger partial charge in [-0.1, -0.05) is 12.1 Å². The minimum Gasteiger partial charge on any atom is -0.467 e. The number of aromatic nitrogens is 2. The molecule has 0 atom stereocenters. The van der Waals surface area contributed by atoms with Gasteiger partial charge in [0.15, 0.2) is 0 Å². The molecule has 0 fully saturated rings. The average Bonchev–Trinajstić information content (AvgIpc) is 3.06. The van der Waals surface area contributed by atoms with Crippen LogP contribution in [0.4, 0.5) is 5.69 Å². The normalized spacial score (nSPS) is 10.7. The molecule has 0 aliphatic rings. The lowest BCUT2D eigenvalue weighted by atomic mass is 10.1. The number of H-pyrrole nitrogens is 2. The van der Waals surface area contributed by atoms with E-state index in [1.807, 2.05) is 37.3 Å². The first-order valence-corrected chi connectivity index (χ1v) is 6.37. The highest BCUT2D eigenvalue weighted by molar-refractivity contribution is 5.62. The monoisotopic (exact) mass is 269 g/mol. The average molecular weight is 269 g/mol. The van der Waals surface area contributed by atoms with Gasteiger partial charge in [0.05, 0.1) is 18.5 Å². The summed E-state index contributed by atoms with van der Waals surface area (Å²) in [5, 5.41) is 8.65. The van der Waals surface area contributed by atoms with Gasteiger partial charge in [0.1, 0.15) is 5.76 Å². The second-order valence-electron chi connectivity index (χ2n) is 4.63. The van der Waals surface area contributed by atoms with Gasteiger partial charge < -0.3 is 9.73 Å². The number of hydrogen-bond donors (Lipinski definition) is 3. The molecule has 5 heteroatoms. The molecule has 5 nitrogen and oxygen atoms in total. The second kappa shape index (κ2) is 5.13. The first-order valence-electron chi connectivity index (χ1n) is 6.37. The first-order chi connectivity index (χ1) is 9.72. The molecule has 0 unspecified atom stereocenters. The summed E-state index contributed by atoms with van der Waals surface area (Å²) >= 11 is 0. The topological polar surface area (TPSA) is 73.8 Å². The van der Waals surface area contributed by atoms with E-state index in [1.54, 1.807) is 6.26 Å². The van der Waals surface area contributed by atoms with E-state index in [-0.39, 0.29) is 5.56 Å². The van der Waals surface area contributed by atoms with E-state index in [2.05, 4.69) is 15.5 Å². The predicted octanol–water partition coefficient (Wildman–Crippen LogP) is 2.88. The van der Waals surface area contributed by atoms with Crippen molar-refractivity contribution in [2.75, 3.05) is 5.32 Å². The molecule has 0 bridgehead atoms. The molecule has 0 spiro atoms. The molecule has 3 N–H and O–H groups in total. The fourth-order valence-corrected chi connectivity index (χ4v) is 2.02. The summed E-state index contributed by atoms with van der Waals surface area (Å²) < 4.78 is 5.38. The third-order valence-corrected chi connectivity index (χ3v) is 3.21. The molecule has 1 aromatic carbocycles. The van der Waals surface area contributed by atoms with E-state index >= 15 is 0 Å². The summed E-state index contributed by atoms with van der Waals surface area (Å²) in [7, 11) is 0. The minimum absolute atomic E-state index is 0.129. The van der Waals surface area contributed by atoms with Gasteiger partial charge in [-0.25, -0.2) is 0 Å². The molecule has 0 amide bonds. The standard InChI is InChI=1S/C15H15N3O2/c1-10-6-7-20-14(10)9-16-12-4-2-11(3-5-12)13-8-15(19)18-17-13/h2-8,16H,9H2,1H3,(H2,17,18,19). The maximum atomic E-state index is 11.1. The van der Waals surface area contributed by atoms with Gasteiger partial charge in [-0.2, -0.15) is 0 Å². The van der Waals surface area contributed by atoms with Crippen molar-refractivity contribution in [3.63, 3.8) is 0 Å². The highest BCUT2D eigenvalue weighted by Crippen LogP contribution is 2.19. The van der Waals surface area contributed by atoms with Crippen molar-refractivity contribution in [3.8, 4) is 11.3 Å². The van der Waals surface area contributed by atoms with Gasteiger partial charge in [-0.15, -0.1) is 0 Å². The van der Waals surface area contributed by atoms with Crippen LogP contribution in [0.5, 0.6) is 0 Å². The van der Waals surface area contributed by atoms with Crippen molar-refractivity contribution in [3.05, 3.63) is 64.3 Å². The van der Waals surface area contributed by atoms with Crippen LogP contribution < -0.4 is 10.9 Å². The third-order valence-electron chi connectivity index (χ3n) is 3.21. The Labute approximate surface area is 115 Å². The van der Waals surface area contributed by atoms with Gasteiger partial charge in [0, 0.05) is 11.8 Å². The molecular weight excluding hydrogens is 254 g/mol. The van der Waals surface area contributed by atoms with Crippen molar-refractivity contribution in [2.24, 2.45) is 0 Å². The summed E-state index contributed by atoms with van der Waals surface area (Å²) in [5.74, 6) is 0.934. The third kappa shape index (κ3) is 2.51. The van der Waals surface area contributed by atoms with Crippen molar-refractivity contribution in [1.29, 1.82) is 0 Å². The van der Waals surface area contributed by atoms with Crippen LogP contribution in [-0.4, -0.2) is 10.2 Å². The molecular formula is C15H15N3O2. The van der Waals surface area contributed by atoms with Crippen molar-refractivity contribution >= 4 is 5.69 Å². The van der Waals surface area contributed by atoms with Crippen LogP contribution in [0.15, 0.2) is 51.9 Å². The van der Waals surface area contributed by atoms with Gasteiger partial charge in [0.2, 0.25) is 0 Å². The predicted molar refractivity (Wildman–Crippen MR) is 77.6 cm³/mol. The maximum Gasteiger partial charge on any atom is 0.264 e. The summed E-state index contributed by atoms with van der Waals surface area (Å²) in [6, 6.07) is 11.3. The Morgan fingerprint density at radius 2 is 1.95 bits per heavy atom. The van der Waals surface area contributed by atoms with Gasteiger partial charge in [-0.05, 0) is 36.2 Å². The second-order valence-corrected chi connectivity index (χ2v) is 4.63. The summed E-state index contributed by atoms with van der Waals surface area (Å²) in [4.78, 5) is 11.1. The molecule has 0 radical (unpaired) electrons. The Hall–Kier alpha value is -2.69. The largest absolute Gasteiger partial charge is 0.467 e. The highest BCUT2D eigenvalue weighted by Gasteiger charge is 2.03. The van der Waals surface area contributed by atoms with E-state index in [4.69, 9.17) is 4.42 Å². The van der Waals surface area contributed by atoms with Crippen LogP contribution in [-0.2, 0) is 6.54 Å². The Morgan fingerprint density at radius 1 is 1.15 bits per heavy atom. The number of nitrogens with one attached hydrogen (secondary N) is 3. The molecule has 3 rings (SSSR count). The number of benzene rings is 1. The molecule has 0 aliphatic carbocycles. The van der Waals surface area contributed by atoms with Crippen LogP contribution in [0.25, 0.3) is 11.3 Å². The zero-order valence-electron chi connectivity index (χ0n) is 11.1. The quantitative estimate of drug-likeness (QED) is 0.681. The van der Waals surface area contributed by atoms with Crippen LogP contribution in [0.2, 0.25) is 0 Å². The lowest BCUT2D eigenvalue weighted by Crippen LogP contribution is -1.99. The molecule has 0 aliphatic heterocycles. The molecule has 2 heterocycles. The van der Waals surface area contributed by atoms with E-state index in [9.17, 15) is 4.79 Å². The summed E-state index contributed by atoms with van der Waals surface area (Å²) in [6.45, 7) is 2.67. The van der Waals surface area contributed by atoms with Crippen LogP contribution in [0.1, 0.15) is 11.3 Å². The zero-order chi connectivity index (χ0) is 13.9. The van der Waals surface area contributed by atoms with Crippen molar-refractivity contribution in [2.45, 2.75) is 13.5 Å². The molecule has 0 saturated heterocycles. The molecule has 2 aromatic heterocycles. The smallest absolute Gasteiger partial charge is 0.264 e. The first kappa shape index (κ1) is 12.3. The number of anilines is 1. The molecule has 102 valence electrons. The fourth-order valence-electron chi connectivity index (χ4n) is 2.02. The SMILES string of the molecule is Cc1ccoc1CNc1ccc(-c2cc(=O)[nH][nH]2)cc1. The molecule has 3 aromatic rings. The fraction of sp³-hybridized carbons (Fsp3) is 0.133. The Bertz CT molecular complexity index is 750. The minimum atomic E-state index is -0.129. The van der Waals surface area contributed by atoms with Gasteiger partial charge in [0.25, 0.3) is 5.56 Å². The lowest BCUT2D eigenvalue weighted by Gasteiger charge is -2.06. The van der Waals surface area contributed by atoms with Crippen molar-refractivity contribution < 1.29 is 4.42 Å². The maximum absolute atomic E-state index is 11.1. The Balaban J connectivity index is 1.70. The van der Waals surface area contributed by atoms with E-state index in [0.29, 0.717) is 6.54 Å². The van der Waals surface area contributed by atoms with Gasteiger partial charge in [-0.3, -0.25) is 15.0 Å².